The monoisotopic (exact) mass is 252 g/mol. The maximum absolute atomic E-state index is 4.43. The number of aromatic nitrogens is 1. The van der Waals surface area contributed by atoms with Crippen LogP contribution in [0, 0.1) is 6.92 Å². The molecule has 0 spiro atoms. The zero-order chi connectivity index (χ0) is 11.4. The molecule has 0 radical (unpaired) electrons. The van der Waals surface area contributed by atoms with E-state index in [0.29, 0.717) is 0 Å². The second-order valence-electron chi connectivity index (χ2n) is 3.73. The maximum atomic E-state index is 4.43. The van der Waals surface area contributed by atoms with E-state index in [-0.39, 0.29) is 6.04 Å². The average molecular weight is 252 g/mol. The number of rotatable bonds is 5. The van der Waals surface area contributed by atoms with Gasteiger partial charge in [0.05, 0.1) is 17.2 Å². The molecule has 0 saturated carbocycles. The third-order valence-electron chi connectivity index (χ3n) is 2.56. The molecule has 0 aliphatic rings. The molecule has 0 amide bonds. The smallest absolute Gasteiger partial charge is 0.0795 e. The molecule has 0 aliphatic carbocycles. The second-order valence-corrected chi connectivity index (χ2v) is 5.57. The standard InChI is InChI=1S/C12H16N2S2/c1-3-5-13-12(11-7-15-8-14-11)10-4-6-16-9(10)2/h4,6-8,12-13H,3,5H2,1-2H3. The highest BCUT2D eigenvalue weighted by molar-refractivity contribution is 7.10. The van der Waals surface area contributed by atoms with E-state index in [1.165, 1.54) is 10.4 Å². The summed E-state index contributed by atoms with van der Waals surface area (Å²) >= 11 is 3.46. The molecule has 1 atom stereocenters. The van der Waals surface area contributed by atoms with Crippen molar-refractivity contribution in [2.24, 2.45) is 0 Å². The molecule has 86 valence electrons. The summed E-state index contributed by atoms with van der Waals surface area (Å²) in [4.78, 5) is 5.80. The Morgan fingerprint density at radius 2 is 2.38 bits per heavy atom. The van der Waals surface area contributed by atoms with Crippen LogP contribution < -0.4 is 5.32 Å². The summed E-state index contributed by atoms with van der Waals surface area (Å²) < 4.78 is 0. The quantitative estimate of drug-likeness (QED) is 0.879. The van der Waals surface area contributed by atoms with Crippen molar-refractivity contribution in [3.63, 3.8) is 0 Å². The van der Waals surface area contributed by atoms with Gasteiger partial charge in [0.15, 0.2) is 0 Å². The van der Waals surface area contributed by atoms with Crippen LogP contribution in [-0.2, 0) is 0 Å². The summed E-state index contributed by atoms with van der Waals surface area (Å²) in [6.45, 7) is 5.38. The molecule has 2 aromatic rings. The van der Waals surface area contributed by atoms with Crippen molar-refractivity contribution in [1.29, 1.82) is 0 Å². The number of nitrogens with one attached hydrogen (secondary N) is 1. The molecule has 0 saturated heterocycles. The first kappa shape index (κ1) is 11.8. The van der Waals surface area contributed by atoms with Crippen molar-refractivity contribution in [1.82, 2.24) is 10.3 Å². The molecular formula is C12H16N2S2. The average Bonchev–Trinajstić information content (AvgIpc) is 2.91. The number of hydrogen-bond acceptors (Lipinski definition) is 4. The minimum atomic E-state index is 0.262. The third-order valence-corrected chi connectivity index (χ3v) is 4.02. The normalized spacial score (nSPS) is 12.9. The number of hydrogen-bond donors (Lipinski definition) is 1. The van der Waals surface area contributed by atoms with Crippen LogP contribution in [0.4, 0.5) is 0 Å². The minimum absolute atomic E-state index is 0.262. The van der Waals surface area contributed by atoms with E-state index in [2.05, 4.69) is 41.0 Å². The largest absolute Gasteiger partial charge is 0.305 e. The summed E-state index contributed by atoms with van der Waals surface area (Å²) in [6, 6.07) is 2.46. The van der Waals surface area contributed by atoms with Gasteiger partial charge in [-0.3, -0.25) is 0 Å². The van der Waals surface area contributed by atoms with Crippen molar-refractivity contribution in [3.8, 4) is 0 Å². The highest BCUT2D eigenvalue weighted by Gasteiger charge is 2.17. The molecule has 2 aromatic heterocycles. The molecule has 0 fully saturated rings. The highest BCUT2D eigenvalue weighted by Crippen LogP contribution is 2.27. The van der Waals surface area contributed by atoms with Crippen LogP contribution in [0.15, 0.2) is 22.3 Å². The van der Waals surface area contributed by atoms with Gasteiger partial charge in [-0.25, -0.2) is 4.98 Å². The Kier molecular flexibility index (Phi) is 4.09. The van der Waals surface area contributed by atoms with Crippen LogP contribution in [0.3, 0.4) is 0 Å². The molecule has 0 aliphatic heterocycles. The molecule has 2 heterocycles. The van der Waals surface area contributed by atoms with Crippen LogP contribution in [0.5, 0.6) is 0 Å². The van der Waals surface area contributed by atoms with Gasteiger partial charge in [-0.15, -0.1) is 22.7 Å². The molecule has 16 heavy (non-hydrogen) atoms. The fourth-order valence-electron chi connectivity index (χ4n) is 1.72. The van der Waals surface area contributed by atoms with E-state index in [9.17, 15) is 0 Å². The number of nitrogens with zero attached hydrogens (tertiary/aromatic N) is 1. The Morgan fingerprint density at radius 3 is 2.94 bits per heavy atom. The summed E-state index contributed by atoms with van der Waals surface area (Å²) in [5.74, 6) is 0. The van der Waals surface area contributed by atoms with Crippen molar-refractivity contribution in [2.75, 3.05) is 6.54 Å². The van der Waals surface area contributed by atoms with Crippen molar-refractivity contribution < 1.29 is 0 Å². The van der Waals surface area contributed by atoms with Gasteiger partial charge in [0.1, 0.15) is 0 Å². The van der Waals surface area contributed by atoms with E-state index >= 15 is 0 Å². The maximum Gasteiger partial charge on any atom is 0.0795 e. The fraction of sp³-hybridized carbons (Fsp3) is 0.417. The zero-order valence-electron chi connectivity index (χ0n) is 9.56. The molecule has 1 N–H and O–H groups in total. The lowest BCUT2D eigenvalue weighted by Gasteiger charge is -2.16. The van der Waals surface area contributed by atoms with E-state index in [1.807, 2.05) is 5.51 Å². The Balaban J connectivity index is 2.25. The van der Waals surface area contributed by atoms with Gasteiger partial charge in [0.2, 0.25) is 0 Å². The van der Waals surface area contributed by atoms with Gasteiger partial charge < -0.3 is 5.32 Å². The summed E-state index contributed by atoms with van der Waals surface area (Å²) in [5, 5.41) is 7.85. The SMILES string of the molecule is CCCNC(c1cscn1)c1ccsc1C. The van der Waals surface area contributed by atoms with E-state index in [0.717, 1.165) is 18.7 Å². The molecule has 2 rings (SSSR count). The van der Waals surface area contributed by atoms with Crippen LogP contribution in [-0.4, -0.2) is 11.5 Å². The Morgan fingerprint density at radius 1 is 1.50 bits per heavy atom. The molecule has 0 bridgehead atoms. The van der Waals surface area contributed by atoms with Crippen LogP contribution in [0.2, 0.25) is 0 Å². The zero-order valence-corrected chi connectivity index (χ0v) is 11.2. The summed E-state index contributed by atoms with van der Waals surface area (Å²) in [6.07, 6.45) is 1.14. The Hall–Kier alpha value is -0.710. The lowest BCUT2D eigenvalue weighted by molar-refractivity contribution is 0.588. The minimum Gasteiger partial charge on any atom is -0.305 e. The van der Waals surface area contributed by atoms with Gasteiger partial charge in [0, 0.05) is 10.3 Å². The molecular weight excluding hydrogens is 236 g/mol. The lowest BCUT2D eigenvalue weighted by Crippen LogP contribution is -2.23. The summed E-state index contributed by atoms with van der Waals surface area (Å²) in [7, 11) is 0. The second kappa shape index (κ2) is 5.57. The number of thiazole rings is 1. The number of thiophene rings is 1. The Labute approximate surface area is 104 Å². The highest BCUT2D eigenvalue weighted by atomic mass is 32.1. The fourth-order valence-corrected chi connectivity index (χ4v) is 3.04. The van der Waals surface area contributed by atoms with E-state index in [1.54, 1.807) is 22.7 Å². The van der Waals surface area contributed by atoms with Crippen molar-refractivity contribution in [2.45, 2.75) is 26.3 Å². The van der Waals surface area contributed by atoms with Gasteiger partial charge in [0.25, 0.3) is 0 Å². The van der Waals surface area contributed by atoms with Crippen molar-refractivity contribution >= 4 is 22.7 Å². The molecule has 4 heteroatoms. The van der Waals surface area contributed by atoms with Gasteiger partial charge in [-0.1, -0.05) is 6.92 Å². The molecule has 0 aromatic carbocycles. The van der Waals surface area contributed by atoms with Crippen LogP contribution in [0.25, 0.3) is 0 Å². The predicted molar refractivity (Wildman–Crippen MR) is 71.3 cm³/mol. The Bertz CT molecular complexity index is 420. The molecule has 1 unspecified atom stereocenters. The lowest BCUT2D eigenvalue weighted by atomic mass is 10.1. The van der Waals surface area contributed by atoms with Crippen molar-refractivity contribution in [3.05, 3.63) is 38.5 Å². The van der Waals surface area contributed by atoms with Gasteiger partial charge in [-0.2, -0.15) is 0 Å². The van der Waals surface area contributed by atoms with Gasteiger partial charge in [-0.05, 0) is 36.9 Å². The summed E-state index contributed by atoms with van der Waals surface area (Å²) in [5.41, 5.74) is 4.40. The first-order valence-electron chi connectivity index (χ1n) is 5.48. The topological polar surface area (TPSA) is 24.9 Å². The number of aryl methyl sites for hydroxylation is 1. The van der Waals surface area contributed by atoms with Crippen LogP contribution >= 0.6 is 22.7 Å². The first-order valence-corrected chi connectivity index (χ1v) is 7.30. The third kappa shape index (κ3) is 2.51. The van der Waals surface area contributed by atoms with Crippen LogP contribution in [0.1, 0.15) is 35.5 Å². The first-order chi connectivity index (χ1) is 7.83. The predicted octanol–water partition coefficient (Wildman–Crippen LogP) is 3.60. The molecule has 2 nitrogen and oxygen atoms in total. The van der Waals surface area contributed by atoms with E-state index in [4.69, 9.17) is 0 Å². The van der Waals surface area contributed by atoms with Gasteiger partial charge >= 0.3 is 0 Å². The van der Waals surface area contributed by atoms with E-state index < -0.39 is 0 Å².